The molecule has 4 fully saturated rings. The Hall–Kier alpha value is -0.835. The third kappa shape index (κ3) is 4.60. The van der Waals surface area contributed by atoms with Crippen molar-refractivity contribution >= 4 is 13.1 Å². The van der Waals surface area contributed by atoms with Gasteiger partial charge in [-0.3, -0.25) is 0 Å². The summed E-state index contributed by atoms with van der Waals surface area (Å²) in [6.45, 7) is 11.4. The molecule has 0 aromatic rings. The number of aliphatic carboxylic acids is 1. The highest BCUT2D eigenvalue weighted by atomic mass is 19.4. The molecule has 2 bridgehead atoms. The van der Waals surface area contributed by atoms with Gasteiger partial charge in [-0.1, -0.05) is 27.7 Å². The maximum atomic E-state index is 10.6. The number of carbonyl (C=O) groups is 1. The Balaban J connectivity index is 0.000000395. The van der Waals surface area contributed by atoms with Gasteiger partial charge in [0.2, 0.25) is 0 Å². The van der Waals surface area contributed by atoms with Crippen molar-refractivity contribution in [2.24, 2.45) is 28.9 Å². The van der Waals surface area contributed by atoms with Crippen LogP contribution < -0.4 is 5.73 Å². The monoisotopic (exact) mass is 397 g/mol. The Morgan fingerprint density at radius 2 is 1.81 bits per heavy atom. The van der Waals surface area contributed by atoms with Crippen molar-refractivity contribution in [3.63, 3.8) is 0 Å². The van der Waals surface area contributed by atoms with Crippen LogP contribution in [0.2, 0.25) is 0 Å². The third-order valence-corrected chi connectivity index (χ3v) is 6.30. The van der Waals surface area contributed by atoms with Gasteiger partial charge in [0.15, 0.2) is 0 Å². The van der Waals surface area contributed by atoms with Crippen molar-refractivity contribution in [1.82, 2.24) is 0 Å². The molecule has 4 rings (SSSR count). The molecule has 1 aliphatic heterocycles. The predicted octanol–water partition coefficient (Wildman–Crippen LogP) is 2.44. The van der Waals surface area contributed by atoms with Crippen LogP contribution in [0.4, 0.5) is 13.2 Å². The van der Waals surface area contributed by atoms with E-state index in [1.807, 2.05) is 0 Å². The van der Waals surface area contributed by atoms with Crippen molar-refractivity contribution < 1.29 is 37.9 Å². The number of carboxylic acid groups (broad SMARTS) is 1. The van der Waals surface area contributed by atoms with Crippen LogP contribution in [0.5, 0.6) is 0 Å². The van der Waals surface area contributed by atoms with E-state index >= 15 is 0 Å². The van der Waals surface area contributed by atoms with Crippen LogP contribution in [0.1, 0.15) is 53.9 Å². The Morgan fingerprint density at radius 1 is 1.30 bits per heavy atom. The molecule has 10 heteroatoms. The molecule has 0 radical (unpaired) electrons. The van der Waals surface area contributed by atoms with E-state index < -0.39 is 12.1 Å². The van der Waals surface area contributed by atoms with E-state index in [1.165, 1.54) is 6.42 Å². The van der Waals surface area contributed by atoms with Crippen LogP contribution in [0.15, 0.2) is 0 Å². The highest BCUT2D eigenvalue weighted by Gasteiger charge is 2.68. The van der Waals surface area contributed by atoms with Gasteiger partial charge in [-0.25, -0.2) is 4.79 Å². The van der Waals surface area contributed by atoms with Gasteiger partial charge in [0.25, 0.3) is 0 Å². The van der Waals surface area contributed by atoms with E-state index in [0.29, 0.717) is 17.3 Å². The average molecular weight is 397 g/mol. The molecule has 1 heterocycles. The molecule has 0 aromatic heterocycles. The SMILES string of the molecule is CC(C)CC(N)B1OC2CC3CC(C3(C)C)C2(C)O1.O.O=C(O)C(F)(F)F. The highest BCUT2D eigenvalue weighted by Crippen LogP contribution is 2.65. The predicted molar refractivity (Wildman–Crippen MR) is 94.8 cm³/mol. The maximum absolute atomic E-state index is 10.6. The topological polar surface area (TPSA) is 113 Å². The van der Waals surface area contributed by atoms with Gasteiger partial charge in [0.05, 0.1) is 11.7 Å². The largest absolute Gasteiger partial charge is 0.490 e. The third-order valence-electron chi connectivity index (χ3n) is 6.30. The van der Waals surface area contributed by atoms with Crippen LogP contribution >= 0.6 is 0 Å². The minimum Gasteiger partial charge on any atom is -0.475 e. The lowest BCUT2D eigenvalue weighted by atomic mass is 9.43. The lowest BCUT2D eigenvalue weighted by Crippen LogP contribution is -2.65. The van der Waals surface area contributed by atoms with E-state index in [9.17, 15) is 13.2 Å². The van der Waals surface area contributed by atoms with Crippen molar-refractivity contribution in [2.45, 2.75) is 77.7 Å². The molecular formula is C17H31BF3NO5. The number of nitrogens with two attached hydrogens (primary N) is 1. The molecule has 0 spiro atoms. The molecule has 5 N–H and O–H groups in total. The first-order chi connectivity index (χ1) is 11.7. The standard InChI is InChI=1S/C15H28BNO2.C2HF3O2.H2O/c1-9(2)6-13(17)16-18-12-8-10-7-11(14(10,3)4)15(12,5)19-16;3-2(4,5)1(6)7;/h9-13H,6-8,17H2,1-5H3;(H,6,7);1H2. The van der Waals surface area contributed by atoms with Crippen LogP contribution in [0, 0.1) is 23.2 Å². The second-order valence-corrected chi connectivity index (χ2v) is 8.93. The molecule has 0 aromatic carbocycles. The number of hydrogen-bond donors (Lipinski definition) is 2. The van der Waals surface area contributed by atoms with Crippen LogP contribution in [0.3, 0.4) is 0 Å². The summed E-state index contributed by atoms with van der Waals surface area (Å²) in [6, 6.07) is 0. The van der Waals surface area contributed by atoms with E-state index in [2.05, 4.69) is 34.6 Å². The number of hydrogen-bond acceptors (Lipinski definition) is 4. The lowest BCUT2D eigenvalue weighted by Gasteiger charge is -2.64. The second kappa shape index (κ2) is 7.89. The molecule has 27 heavy (non-hydrogen) atoms. The summed E-state index contributed by atoms with van der Waals surface area (Å²) >= 11 is 0. The molecule has 5 unspecified atom stereocenters. The zero-order valence-electron chi connectivity index (χ0n) is 16.5. The average Bonchev–Trinajstić information content (AvgIpc) is 2.83. The van der Waals surface area contributed by atoms with Gasteiger partial charge in [0.1, 0.15) is 0 Å². The van der Waals surface area contributed by atoms with Crippen molar-refractivity contribution in [2.75, 3.05) is 0 Å². The summed E-state index contributed by atoms with van der Waals surface area (Å²) in [5, 5.41) is 7.12. The molecule has 5 atom stereocenters. The Kier molecular flexibility index (Phi) is 7.07. The number of alkyl halides is 3. The fourth-order valence-electron chi connectivity index (χ4n) is 4.74. The summed E-state index contributed by atoms with van der Waals surface area (Å²) in [5.74, 6) is -0.739. The van der Waals surface area contributed by atoms with Crippen LogP contribution in [0.25, 0.3) is 0 Å². The van der Waals surface area contributed by atoms with E-state index in [1.54, 1.807) is 0 Å². The van der Waals surface area contributed by atoms with Gasteiger partial charge < -0.3 is 25.6 Å². The van der Waals surface area contributed by atoms with Crippen molar-refractivity contribution in [3.8, 4) is 0 Å². The zero-order chi connectivity index (χ0) is 20.1. The fourth-order valence-corrected chi connectivity index (χ4v) is 4.74. The summed E-state index contributed by atoms with van der Waals surface area (Å²) in [7, 11) is -0.201. The molecule has 1 saturated heterocycles. The minimum atomic E-state index is -5.08. The number of rotatable bonds is 3. The minimum absolute atomic E-state index is 0. The first-order valence-corrected chi connectivity index (χ1v) is 9.08. The summed E-state index contributed by atoms with van der Waals surface area (Å²) in [6.07, 6.45) is -1.42. The number of halogens is 3. The second-order valence-electron chi connectivity index (χ2n) is 8.93. The van der Waals surface area contributed by atoms with Gasteiger partial charge in [-0.15, -0.1) is 0 Å². The Bertz CT molecular complexity index is 545. The smallest absolute Gasteiger partial charge is 0.475 e. The first-order valence-electron chi connectivity index (χ1n) is 9.08. The molecule has 6 nitrogen and oxygen atoms in total. The number of carboxylic acids is 1. The summed E-state index contributed by atoms with van der Waals surface area (Å²) in [5.41, 5.74) is 6.56. The van der Waals surface area contributed by atoms with E-state index in [-0.39, 0.29) is 30.2 Å². The molecule has 0 amide bonds. The van der Waals surface area contributed by atoms with Crippen molar-refractivity contribution in [1.29, 1.82) is 0 Å². The highest BCUT2D eigenvalue weighted by molar-refractivity contribution is 6.47. The zero-order valence-corrected chi connectivity index (χ0v) is 16.5. The van der Waals surface area contributed by atoms with Gasteiger partial charge in [0, 0.05) is 5.94 Å². The quantitative estimate of drug-likeness (QED) is 0.711. The molecule has 3 saturated carbocycles. The molecule has 3 aliphatic carbocycles. The Labute approximate surface area is 158 Å². The summed E-state index contributed by atoms with van der Waals surface area (Å²) in [4.78, 5) is 8.90. The Morgan fingerprint density at radius 3 is 2.22 bits per heavy atom. The van der Waals surface area contributed by atoms with Crippen LogP contribution in [-0.2, 0) is 14.1 Å². The van der Waals surface area contributed by atoms with Crippen molar-refractivity contribution in [3.05, 3.63) is 0 Å². The lowest BCUT2D eigenvalue weighted by molar-refractivity contribution is -0.199. The molecular weight excluding hydrogens is 366 g/mol. The summed E-state index contributed by atoms with van der Waals surface area (Å²) < 4.78 is 44.3. The van der Waals surface area contributed by atoms with Gasteiger partial charge >= 0.3 is 19.3 Å². The maximum Gasteiger partial charge on any atom is 0.490 e. The molecule has 4 aliphatic rings. The molecule has 158 valence electrons. The fraction of sp³-hybridized carbons (Fsp3) is 0.941. The normalized spacial score (nSPS) is 34.6. The van der Waals surface area contributed by atoms with Gasteiger partial charge in [-0.05, 0) is 49.4 Å². The van der Waals surface area contributed by atoms with E-state index in [0.717, 1.165) is 18.8 Å². The first kappa shape index (κ1) is 24.2. The van der Waals surface area contributed by atoms with Gasteiger partial charge in [-0.2, -0.15) is 13.2 Å². The van der Waals surface area contributed by atoms with Crippen LogP contribution in [-0.4, -0.2) is 47.5 Å². The van der Waals surface area contributed by atoms with E-state index in [4.69, 9.17) is 24.9 Å².